The highest BCUT2D eigenvalue weighted by Crippen LogP contribution is 2.24. The van der Waals surface area contributed by atoms with Crippen molar-refractivity contribution >= 4 is 37.6 Å². The second kappa shape index (κ2) is 7.20. The van der Waals surface area contributed by atoms with E-state index < -0.39 is 42.3 Å². The fourth-order valence-electron chi connectivity index (χ4n) is 1.29. The Bertz CT molecular complexity index is 904. The lowest BCUT2D eigenvalue weighted by Gasteiger charge is -2.10. The quantitative estimate of drug-likeness (QED) is 0.583. The molecule has 138 valence electrons. The largest absolute Gasteiger partial charge is 0.512 e. The second-order valence-electron chi connectivity index (χ2n) is 4.22. The summed E-state index contributed by atoms with van der Waals surface area (Å²) in [4.78, 5) is 20.7. The summed E-state index contributed by atoms with van der Waals surface area (Å²) in [6.45, 7) is 0. The van der Waals surface area contributed by atoms with Gasteiger partial charge in [0.25, 0.3) is 10.0 Å². The molecule has 0 saturated carbocycles. The van der Waals surface area contributed by atoms with Crippen molar-refractivity contribution in [2.24, 2.45) is 0 Å². The van der Waals surface area contributed by atoms with Gasteiger partial charge >= 0.3 is 21.5 Å². The van der Waals surface area contributed by atoms with E-state index in [4.69, 9.17) is 5.11 Å². The molecule has 0 heterocycles. The van der Waals surface area contributed by atoms with E-state index in [0.29, 0.717) is 16.3 Å². The summed E-state index contributed by atoms with van der Waals surface area (Å²) in [6.07, 6.45) is 1.21. The minimum Gasteiger partial charge on any atom is -0.478 e. The highest BCUT2D eigenvalue weighted by Gasteiger charge is 2.48. The number of carbonyl (C=O) groups excluding carboxylic acids is 1. The van der Waals surface area contributed by atoms with Crippen molar-refractivity contribution in [3.05, 3.63) is 36.4 Å². The zero-order chi connectivity index (χ0) is 19.5. The Balaban J connectivity index is 2.95. The first-order valence-electron chi connectivity index (χ1n) is 5.91. The molecule has 1 rings (SSSR count). The molecule has 1 amide bonds. The van der Waals surface area contributed by atoms with Crippen LogP contribution in [-0.4, -0.2) is 39.3 Å². The molecule has 1 aromatic rings. The molecule has 0 aliphatic heterocycles. The number of rotatable bonds is 6. The van der Waals surface area contributed by atoms with Gasteiger partial charge < -0.3 is 10.4 Å². The van der Waals surface area contributed by atoms with Gasteiger partial charge in [0.2, 0.25) is 5.91 Å². The van der Waals surface area contributed by atoms with Crippen LogP contribution in [0.3, 0.4) is 0 Å². The minimum atomic E-state index is -6.12. The first-order valence-corrected chi connectivity index (χ1v) is 8.88. The molecule has 0 saturated heterocycles. The molecular formula is C11H9F3N2O7S2. The van der Waals surface area contributed by atoms with Gasteiger partial charge in [0.15, 0.2) is 0 Å². The van der Waals surface area contributed by atoms with Crippen LogP contribution < -0.4 is 9.44 Å². The lowest BCUT2D eigenvalue weighted by Crippen LogP contribution is -2.40. The van der Waals surface area contributed by atoms with E-state index in [2.05, 4.69) is 5.32 Å². The molecule has 0 fully saturated rings. The van der Waals surface area contributed by atoms with Crippen LogP contribution in [0.1, 0.15) is 0 Å². The zero-order valence-corrected chi connectivity index (χ0v) is 13.4. The molecule has 14 heteroatoms. The number of nitrogens with one attached hydrogen (secondary N) is 2. The molecule has 3 N–H and O–H groups in total. The number of carboxylic acid groups (broad SMARTS) is 1. The highest BCUT2D eigenvalue weighted by atomic mass is 32.3. The van der Waals surface area contributed by atoms with E-state index in [0.717, 1.165) is 24.3 Å². The molecule has 0 radical (unpaired) electrons. The fourth-order valence-corrected chi connectivity index (χ4v) is 3.70. The molecule has 25 heavy (non-hydrogen) atoms. The molecule has 0 atom stereocenters. The fraction of sp³-hybridized carbons (Fsp3) is 0.0909. The normalized spacial score (nSPS) is 12.9. The molecule has 0 aliphatic carbocycles. The van der Waals surface area contributed by atoms with E-state index in [-0.39, 0.29) is 5.69 Å². The Morgan fingerprint density at radius 2 is 1.52 bits per heavy atom. The molecule has 1 aromatic carbocycles. The van der Waals surface area contributed by atoms with Crippen molar-refractivity contribution in [3.8, 4) is 0 Å². The summed E-state index contributed by atoms with van der Waals surface area (Å²) < 4.78 is 82.2. The van der Waals surface area contributed by atoms with Gasteiger partial charge in [0.05, 0.1) is 4.90 Å². The average molecular weight is 402 g/mol. The number of carbonyl (C=O) groups is 2. The van der Waals surface area contributed by atoms with Crippen LogP contribution in [0.5, 0.6) is 0 Å². The third-order valence-corrected chi connectivity index (χ3v) is 5.59. The molecule has 9 nitrogen and oxygen atoms in total. The maximum absolute atomic E-state index is 12.2. The number of hydrogen-bond acceptors (Lipinski definition) is 6. The van der Waals surface area contributed by atoms with Crippen LogP contribution in [0.4, 0.5) is 18.9 Å². The number of carboxylic acids is 1. The molecule has 0 bridgehead atoms. The van der Waals surface area contributed by atoms with Crippen LogP contribution >= 0.6 is 0 Å². The number of aliphatic carboxylic acids is 1. The van der Waals surface area contributed by atoms with Crippen molar-refractivity contribution in [1.82, 2.24) is 4.13 Å². The van der Waals surface area contributed by atoms with Gasteiger partial charge in [-0.1, -0.05) is 4.13 Å². The first-order chi connectivity index (χ1) is 11.2. The van der Waals surface area contributed by atoms with Crippen molar-refractivity contribution in [3.63, 3.8) is 0 Å². The van der Waals surface area contributed by atoms with Crippen LogP contribution in [0, 0.1) is 0 Å². The third kappa shape index (κ3) is 5.84. The predicted molar refractivity (Wildman–Crippen MR) is 77.1 cm³/mol. The lowest BCUT2D eigenvalue weighted by molar-refractivity contribution is -0.131. The summed E-state index contributed by atoms with van der Waals surface area (Å²) >= 11 is 0. The van der Waals surface area contributed by atoms with E-state index in [1.807, 2.05) is 0 Å². The van der Waals surface area contributed by atoms with Crippen LogP contribution in [-0.2, 0) is 29.6 Å². The Morgan fingerprint density at radius 3 is 1.96 bits per heavy atom. The number of alkyl halides is 3. The monoisotopic (exact) mass is 402 g/mol. The van der Waals surface area contributed by atoms with Gasteiger partial charge in [0, 0.05) is 17.8 Å². The van der Waals surface area contributed by atoms with Gasteiger partial charge in [-0.3, -0.25) is 4.79 Å². The van der Waals surface area contributed by atoms with E-state index >= 15 is 0 Å². The first kappa shape index (κ1) is 20.6. The van der Waals surface area contributed by atoms with Gasteiger partial charge in [-0.05, 0) is 24.3 Å². The zero-order valence-electron chi connectivity index (χ0n) is 11.8. The van der Waals surface area contributed by atoms with Gasteiger partial charge in [-0.2, -0.15) is 13.2 Å². The molecule has 0 unspecified atom stereocenters. The van der Waals surface area contributed by atoms with Crippen molar-refractivity contribution in [2.45, 2.75) is 10.4 Å². The van der Waals surface area contributed by atoms with E-state index in [1.165, 1.54) is 0 Å². The summed E-state index contributed by atoms with van der Waals surface area (Å²) in [5.41, 5.74) is -5.83. The SMILES string of the molecule is O=C(O)/C=C/C(=O)Nc1ccc(S(=O)(=O)NS(=O)(=O)C(F)(F)F)cc1. The number of halogens is 3. The van der Waals surface area contributed by atoms with Crippen LogP contribution in [0.25, 0.3) is 0 Å². The Labute approximate surface area is 139 Å². The Hall–Kier alpha value is -2.45. The van der Waals surface area contributed by atoms with Gasteiger partial charge in [-0.15, -0.1) is 0 Å². The average Bonchev–Trinajstić information content (AvgIpc) is 2.43. The number of sulfonamides is 2. The maximum Gasteiger partial charge on any atom is 0.512 e. The van der Waals surface area contributed by atoms with Crippen molar-refractivity contribution < 1.29 is 44.7 Å². The van der Waals surface area contributed by atoms with E-state index in [1.54, 1.807) is 0 Å². The maximum atomic E-state index is 12.2. The number of benzene rings is 1. The number of hydrogen-bond donors (Lipinski definition) is 3. The summed E-state index contributed by atoms with van der Waals surface area (Å²) in [5.74, 6) is -2.25. The second-order valence-corrected chi connectivity index (χ2v) is 7.84. The third-order valence-electron chi connectivity index (χ3n) is 2.33. The Kier molecular flexibility index (Phi) is 5.93. The molecular weight excluding hydrogens is 393 g/mol. The van der Waals surface area contributed by atoms with Crippen molar-refractivity contribution in [2.75, 3.05) is 5.32 Å². The van der Waals surface area contributed by atoms with Crippen molar-refractivity contribution in [1.29, 1.82) is 0 Å². The van der Waals surface area contributed by atoms with E-state index in [9.17, 15) is 39.6 Å². The van der Waals surface area contributed by atoms with Gasteiger partial charge in [0.1, 0.15) is 0 Å². The summed E-state index contributed by atoms with van der Waals surface area (Å²) in [5, 5.41) is 10.5. The smallest absolute Gasteiger partial charge is 0.478 e. The van der Waals surface area contributed by atoms with Gasteiger partial charge in [-0.25, -0.2) is 21.6 Å². The minimum absolute atomic E-state index is 0.0160. The number of anilines is 1. The molecule has 0 aromatic heterocycles. The summed E-state index contributed by atoms with van der Waals surface area (Å²) in [7, 11) is -11.2. The lowest BCUT2D eigenvalue weighted by atomic mass is 10.3. The van der Waals surface area contributed by atoms with Crippen LogP contribution in [0.2, 0.25) is 0 Å². The van der Waals surface area contributed by atoms with Crippen LogP contribution in [0.15, 0.2) is 41.3 Å². The topological polar surface area (TPSA) is 147 Å². The summed E-state index contributed by atoms with van der Waals surface area (Å²) in [6, 6.07) is 3.40. The standard InChI is InChI=1S/C11H9F3N2O7S2/c12-11(13,14)25(22,23)16-24(20,21)8-3-1-7(2-4-8)15-9(17)5-6-10(18)19/h1-6,16H,(H,15,17)(H,18,19)/b6-5+. The molecule has 0 aliphatic rings. The highest BCUT2D eigenvalue weighted by molar-refractivity contribution is 8.05. The predicted octanol–water partition coefficient (Wildman–Crippen LogP) is 0.394. The Morgan fingerprint density at radius 1 is 1.00 bits per heavy atom. The molecule has 0 spiro atoms. The number of amides is 1.